The summed E-state index contributed by atoms with van der Waals surface area (Å²) in [7, 11) is 3.14. The fourth-order valence-electron chi connectivity index (χ4n) is 5.06. The number of hydrogen-bond donors (Lipinski definition) is 3. The number of benzene rings is 1. The van der Waals surface area contributed by atoms with Crippen molar-refractivity contribution in [3.8, 4) is 0 Å². The van der Waals surface area contributed by atoms with Gasteiger partial charge in [-0.3, -0.25) is 14.8 Å². The number of rotatable bonds is 10. The lowest BCUT2D eigenvalue weighted by Crippen LogP contribution is -2.71. The molecule has 4 rings (SSSR count). The molecule has 1 aliphatic carbocycles. The quantitative estimate of drug-likeness (QED) is 0.399. The first kappa shape index (κ1) is 27.8. The van der Waals surface area contributed by atoms with E-state index in [1.54, 1.807) is 17.3 Å². The maximum absolute atomic E-state index is 13.5. The average molecular weight is 533 g/mol. The van der Waals surface area contributed by atoms with Crippen molar-refractivity contribution in [3.05, 3.63) is 71.2 Å². The van der Waals surface area contributed by atoms with E-state index in [0.29, 0.717) is 6.54 Å². The van der Waals surface area contributed by atoms with E-state index in [-0.39, 0.29) is 25.3 Å². The van der Waals surface area contributed by atoms with Crippen molar-refractivity contribution in [2.45, 2.75) is 37.4 Å². The van der Waals surface area contributed by atoms with E-state index in [0.717, 1.165) is 53.8 Å². The fraction of sp³-hybridized carbons (Fsp3) is 0.379. The van der Waals surface area contributed by atoms with Crippen LogP contribution in [0, 0.1) is 0 Å². The topological polar surface area (TPSA) is 117 Å². The Balaban J connectivity index is 1.47. The number of nitrogens with zero attached hydrogens (tertiary/aromatic N) is 3. The van der Waals surface area contributed by atoms with Gasteiger partial charge in [-0.2, -0.15) is 0 Å². The molecule has 0 saturated carbocycles. The van der Waals surface area contributed by atoms with Gasteiger partial charge in [0, 0.05) is 26.0 Å². The van der Waals surface area contributed by atoms with Crippen LogP contribution in [-0.2, 0) is 14.3 Å². The number of ether oxygens (including phenoxy) is 2. The molecule has 2 amide bonds. The van der Waals surface area contributed by atoms with E-state index in [1.165, 1.54) is 12.7 Å². The number of hydrogen-bond acceptors (Lipinski definition) is 8. The Morgan fingerprint density at radius 1 is 1.10 bits per heavy atom. The second-order valence-corrected chi connectivity index (χ2v) is 9.65. The maximum atomic E-state index is 13.5. The minimum atomic E-state index is -1.10. The normalized spacial score (nSPS) is 20.7. The zero-order valence-corrected chi connectivity index (χ0v) is 22.5. The van der Waals surface area contributed by atoms with Crippen LogP contribution in [0.3, 0.4) is 0 Å². The summed E-state index contributed by atoms with van der Waals surface area (Å²) in [4.78, 5) is 35.0. The van der Waals surface area contributed by atoms with Gasteiger partial charge in [-0.15, -0.1) is 0 Å². The largest absolute Gasteiger partial charge is 0.453 e. The number of allylic oxidation sites excluding steroid dienone is 4. The van der Waals surface area contributed by atoms with Crippen molar-refractivity contribution in [1.82, 2.24) is 20.9 Å². The van der Waals surface area contributed by atoms with Gasteiger partial charge < -0.3 is 30.3 Å². The third-order valence-electron chi connectivity index (χ3n) is 7.24. The number of likely N-dealkylation sites (tertiary alicyclic amines) is 1. The highest BCUT2D eigenvalue weighted by atomic mass is 16.5. The molecule has 10 heteroatoms. The number of amides is 2. The Labute approximate surface area is 229 Å². The van der Waals surface area contributed by atoms with E-state index in [1.807, 2.05) is 7.05 Å². The third kappa shape index (κ3) is 6.12. The Morgan fingerprint density at radius 3 is 2.38 bits per heavy atom. The predicted molar refractivity (Wildman–Crippen MR) is 153 cm³/mol. The molecule has 1 unspecified atom stereocenters. The zero-order valence-electron chi connectivity index (χ0n) is 22.5. The lowest BCUT2D eigenvalue weighted by Gasteiger charge is -2.43. The van der Waals surface area contributed by atoms with Crippen molar-refractivity contribution in [2.75, 3.05) is 33.9 Å². The summed E-state index contributed by atoms with van der Waals surface area (Å²) in [5, 5.41) is 9.33. The summed E-state index contributed by atoms with van der Waals surface area (Å²) in [5.74, 6) is -0.177. The molecule has 206 valence electrons. The van der Waals surface area contributed by atoms with Crippen LogP contribution in [0.2, 0.25) is 0 Å². The maximum Gasteiger partial charge on any atom is 0.407 e. The summed E-state index contributed by atoms with van der Waals surface area (Å²) < 4.78 is 10.0. The highest BCUT2D eigenvalue weighted by molar-refractivity contribution is 5.91. The Kier molecular flexibility index (Phi) is 8.98. The van der Waals surface area contributed by atoms with Crippen LogP contribution >= 0.6 is 0 Å². The summed E-state index contributed by atoms with van der Waals surface area (Å²) in [6.07, 6.45) is 10.0. The molecule has 39 heavy (non-hydrogen) atoms. The van der Waals surface area contributed by atoms with Crippen LogP contribution in [-0.4, -0.2) is 76.0 Å². The molecule has 0 spiro atoms. The monoisotopic (exact) mass is 532 g/mol. The molecule has 2 heterocycles. The first-order valence-corrected chi connectivity index (χ1v) is 13.0. The van der Waals surface area contributed by atoms with Crippen molar-refractivity contribution in [1.29, 1.82) is 0 Å². The van der Waals surface area contributed by atoms with Crippen LogP contribution in [0.4, 0.5) is 4.79 Å². The molecule has 3 N–H and O–H groups in total. The van der Waals surface area contributed by atoms with Gasteiger partial charge in [-0.25, -0.2) is 4.79 Å². The molecule has 1 atom stereocenters. The van der Waals surface area contributed by atoms with Crippen LogP contribution < -0.4 is 16.0 Å². The summed E-state index contributed by atoms with van der Waals surface area (Å²) in [6, 6.07) is 8.36. The lowest BCUT2D eigenvalue weighted by molar-refractivity contribution is -0.159. The van der Waals surface area contributed by atoms with Gasteiger partial charge in [0.15, 0.2) is 5.54 Å². The van der Waals surface area contributed by atoms with Crippen molar-refractivity contribution >= 4 is 36.7 Å². The number of methoxy groups -OCH3 is 1. The SMILES string of the molecule is C=N/C=C(\NC1CCCN1C(=O)C1(NC(=O)OC)COC1)C1=CC=C(c2ccc(/C(=C/N=C)NC)cc2)CC1. The second-order valence-electron chi connectivity index (χ2n) is 9.65. The third-order valence-corrected chi connectivity index (χ3v) is 7.24. The molecule has 2 saturated heterocycles. The Hall–Kier alpha value is -4.18. The van der Waals surface area contributed by atoms with Crippen molar-refractivity contribution < 1.29 is 19.1 Å². The van der Waals surface area contributed by atoms with E-state index >= 15 is 0 Å². The number of alkyl carbamates (subject to hydrolysis) is 1. The van der Waals surface area contributed by atoms with Gasteiger partial charge in [0.05, 0.1) is 31.7 Å². The van der Waals surface area contributed by atoms with Gasteiger partial charge in [0.25, 0.3) is 5.91 Å². The minimum Gasteiger partial charge on any atom is -0.453 e. The lowest BCUT2D eigenvalue weighted by atomic mass is 9.91. The van der Waals surface area contributed by atoms with Crippen LogP contribution in [0.1, 0.15) is 36.8 Å². The van der Waals surface area contributed by atoms with E-state index in [9.17, 15) is 9.59 Å². The smallest absolute Gasteiger partial charge is 0.407 e. The summed E-state index contributed by atoms with van der Waals surface area (Å²) in [6.45, 7) is 8.01. The number of carbonyl (C=O) groups is 2. The molecule has 0 bridgehead atoms. The molecule has 10 nitrogen and oxygen atoms in total. The van der Waals surface area contributed by atoms with Crippen LogP contribution in [0.25, 0.3) is 11.3 Å². The molecule has 1 aromatic rings. The molecule has 1 aromatic carbocycles. The predicted octanol–water partition coefficient (Wildman–Crippen LogP) is 3.21. The van der Waals surface area contributed by atoms with Crippen LogP contribution in [0.5, 0.6) is 0 Å². The van der Waals surface area contributed by atoms with Gasteiger partial charge in [0.1, 0.15) is 6.17 Å². The minimum absolute atomic E-state index is 0.123. The van der Waals surface area contributed by atoms with E-state index < -0.39 is 11.6 Å². The molecule has 0 aromatic heterocycles. The molecular formula is C29H36N6O4. The van der Waals surface area contributed by atoms with Gasteiger partial charge in [0.2, 0.25) is 0 Å². The van der Waals surface area contributed by atoms with E-state index in [4.69, 9.17) is 9.47 Å². The highest BCUT2D eigenvalue weighted by Crippen LogP contribution is 2.32. The number of aliphatic imine (C=N–C) groups is 2. The molecule has 3 aliphatic rings. The number of carbonyl (C=O) groups excluding carboxylic acids is 2. The van der Waals surface area contributed by atoms with Crippen molar-refractivity contribution in [2.24, 2.45) is 9.98 Å². The first-order chi connectivity index (χ1) is 18.9. The molecule has 0 radical (unpaired) electrons. The van der Waals surface area contributed by atoms with Crippen molar-refractivity contribution in [3.63, 3.8) is 0 Å². The molecule has 2 aliphatic heterocycles. The first-order valence-electron chi connectivity index (χ1n) is 13.0. The fourth-order valence-corrected chi connectivity index (χ4v) is 5.06. The Bertz CT molecular complexity index is 1230. The molecule has 2 fully saturated rings. The standard InChI is InChI=1S/C29H36N6O4/c1-30-16-24(32-3)22-11-7-20(8-12-22)21-9-13-23(14-10-21)25(17-31-2)33-26-6-5-15-35(26)27(36)29(18-39-19-29)34-28(37)38-4/h7-9,11-13,16-17,26,32-33H,1-2,5-6,10,14-15,18-19H2,3-4H3,(H,34,37)/b24-16-,25-17-. The van der Waals surface area contributed by atoms with Crippen LogP contribution in [0.15, 0.2) is 70.1 Å². The summed E-state index contributed by atoms with van der Waals surface area (Å²) in [5.41, 5.74) is 5.18. The van der Waals surface area contributed by atoms with Gasteiger partial charge >= 0.3 is 6.09 Å². The van der Waals surface area contributed by atoms with E-state index in [2.05, 4.69) is 75.8 Å². The second kappa shape index (κ2) is 12.6. The summed E-state index contributed by atoms with van der Waals surface area (Å²) >= 11 is 0. The van der Waals surface area contributed by atoms with Gasteiger partial charge in [-0.1, -0.05) is 36.4 Å². The highest BCUT2D eigenvalue weighted by Gasteiger charge is 2.51. The average Bonchev–Trinajstić information content (AvgIpc) is 3.41. The Morgan fingerprint density at radius 2 is 1.82 bits per heavy atom. The zero-order chi connectivity index (χ0) is 27.8. The molecular weight excluding hydrogens is 496 g/mol. The number of nitrogens with one attached hydrogen (secondary N) is 3. The van der Waals surface area contributed by atoms with Gasteiger partial charge in [-0.05, 0) is 61.4 Å².